The summed E-state index contributed by atoms with van der Waals surface area (Å²) >= 11 is 2.89. The Hall–Kier alpha value is -0.820. The lowest BCUT2D eigenvalue weighted by atomic mass is 10.0. The second-order valence-corrected chi connectivity index (χ2v) is 6.01. The van der Waals surface area contributed by atoms with Gasteiger partial charge in [0.2, 0.25) is 10.1 Å². The number of hydrogen-bond acceptors (Lipinski definition) is 6. The Morgan fingerprint density at radius 2 is 2.12 bits per heavy atom. The first-order valence-corrected chi connectivity index (χ1v) is 7.53. The van der Waals surface area contributed by atoms with E-state index in [0.29, 0.717) is 16.7 Å². The van der Waals surface area contributed by atoms with Gasteiger partial charge >= 0.3 is 0 Å². The molecule has 0 aliphatic carbocycles. The van der Waals surface area contributed by atoms with Gasteiger partial charge in [0.25, 0.3) is 5.91 Å². The van der Waals surface area contributed by atoms with Crippen LogP contribution in [0.4, 0.5) is 5.13 Å². The number of rotatable bonds is 6. The van der Waals surface area contributed by atoms with Crippen molar-refractivity contribution in [2.75, 3.05) is 18.5 Å². The Bertz CT molecular complexity index is 368. The van der Waals surface area contributed by atoms with Crippen molar-refractivity contribution >= 4 is 34.1 Å². The highest BCUT2D eigenvalue weighted by molar-refractivity contribution is 8.00. The van der Waals surface area contributed by atoms with Crippen LogP contribution in [-0.4, -0.2) is 33.7 Å². The van der Waals surface area contributed by atoms with Crippen molar-refractivity contribution in [3.8, 4) is 0 Å². The van der Waals surface area contributed by atoms with Crippen molar-refractivity contribution < 1.29 is 4.79 Å². The molecule has 1 aromatic rings. The molecular formula is C10H18N4OS2. The molecule has 5 nitrogen and oxygen atoms in total. The number of amides is 1. The standard InChI is InChI=1S/C10H18N4OS2/c1-4-10(5-2,16-3)6-12-7(15)8-13-14-9(11)17-8/h4-6H2,1-3H3,(H2,11,14)(H,12,15). The zero-order valence-corrected chi connectivity index (χ0v) is 12.0. The number of hydrogen-bond donors (Lipinski definition) is 2. The zero-order valence-electron chi connectivity index (χ0n) is 10.3. The molecule has 0 fully saturated rings. The van der Waals surface area contributed by atoms with Gasteiger partial charge in [-0.15, -0.1) is 10.2 Å². The highest BCUT2D eigenvalue weighted by atomic mass is 32.2. The molecule has 0 atom stereocenters. The first-order chi connectivity index (χ1) is 8.06. The van der Waals surface area contributed by atoms with Gasteiger partial charge < -0.3 is 11.1 Å². The second-order valence-electron chi connectivity index (χ2n) is 3.72. The molecule has 0 unspecified atom stereocenters. The van der Waals surface area contributed by atoms with E-state index in [1.165, 1.54) is 0 Å². The van der Waals surface area contributed by atoms with Crippen LogP contribution in [0.5, 0.6) is 0 Å². The highest BCUT2D eigenvalue weighted by Crippen LogP contribution is 2.29. The highest BCUT2D eigenvalue weighted by Gasteiger charge is 2.26. The van der Waals surface area contributed by atoms with E-state index in [1.54, 1.807) is 11.8 Å². The Balaban J connectivity index is 2.58. The molecule has 0 saturated heterocycles. The van der Waals surface area contributed by atoms with Crippen LogP contribution in [0.2, 0.25) is 0 Å². The first kappa shape index (κ1) is 14.2. The number of thioether (sulfide) groups is 1. The van der Waals surface area contributed by atoms with Gasteiger partial charge in [0.05, 0.1) is 0 Å². The largest absolute Gasteiger partial charge is 0.374 e. The van der Waals surface area contributed by atoms with Gasteiger partial charge in [-0.25, -0.2) is 0 Å². The topological polar surface area (TPSA) is 80.9 Å². The summed E-state index contributed by atoms with van der Waals surface area (Å²) < 4.78 is 0.103. The van der Waals surface area contributed by atoms with Crippen LogP contribution in [0.3, 0.4) is 0 Å². The average molecular weight is 274 g/mol. The third kappa shape index (κ3) is 3.57. The van der Waals surface area contributed by atoms with E-state index in [1.807, 2.05) is 0 Å². The average Bonchev–Trinajstić information content (AvgIpc) is 2.78. The maximum atomic E-state index is 11.8. The van der Waals surface area contributed by atoms with Gasteiger partial charge in [0, 0.05) is 11.3 Å². The summed E-state index contributed by atoms with van der Waals surface area (Å²) in [5.74, 6) is -0.195. The number of nitrogen functional groups attached to an aromatic ring is 1. The molecule has 0 aliphatic heterocycles. The number of nitrogens with zero attached hydrogens (tertiary/aromatic N) is 2. The SMILES string of the molecule is CCC(CC)(CNC(=O)c1nnc(N)s1)SC. The lowest BCUT2D eigenvalue weighted by Crippen LogP contribution is -2.39. The summed E-state index contributed by atoms with van der Waals surface area (Å²) in [5.41, 5.74) is 5.44. The molecule has 1 aromatic heterocycles. The van der Waals surface area contributed by atoms with Crippen molar-refractivity contribution in [2.45, 2.75) is 31.4 Å². The van der Waals surface area contributed by atoms with E-state index in [-0.39, 0.29) is 10.7 Å². The van der Waals surface area contributed by atoms with E-state index < -0.39 is 0 Å². The number of anilines is 1. The van der Waals surface area contributed by atoms with Crippen molar-refractivity contribution in [2.24, 2.45) is 0 Å². The molecule has 0 aliphatic rings. The molecule has 0 bridgehead atoms. The third-order valence-electron chi connectivity index (χ3n) is 2.93. The molecule has 7 heteroatoms. The monoisotopic (exact) mass is 274 g/mol. The summed E-state index contributed by atoms with van der Waals surface area (Å²) in [6.07, 6.45) is 4.11. The fourth-order valence-corrected chi connectivity index (χ4v) is 2.82. The van der Waals surface area contributed by atoms with Gasteiger partial charge in [-0.1, -0.05) is 25.2 Å². The summed E-state index contributed by atoms with van der Waals surface area (Å²) in [7, 11) is 0. The quantitative estimate of drug-likeness (QED) is 0.826. The Morgan fingerprint density at radius 3 is 2.53 bits per heavy atom. The van der Waals surface area contributed by atoms with Gasteiger partial charge in [-0.3, -0.25) is 4.79 Å². The fourth-order valence-electron chi connectivity index (χ4n) is 1.50. The van der Waals surface area contributed by atoms with Crippen LogP contribution in [-0.2, 0) is 0 Å². The Labute approximate surface area is 110 Å². The van der Waals surface area contributed by atoms with Crippen molar-refractivity contribution in [3.05, 3.63) is 5.01 Å². The first-order valence-electron chi connectivity index (χ1n) is 5.49. The number of nitrogens with one attached hydrogen (secondary N) is 1. The lowest BCUT2D eigenvalue weighted by Gasteiger charge is -2.29. The molecule has 0 saturated carbocycles. The number of carbonyl (C=O) groups is 1. The van der Waals surface area contributed by atoms with E-state index in [0.717, 1.165) is 24.2 Å². The van der Waals surface area contributed by atoms with Crippen LogP contribution >= 0.6 is 23.1 Å². The lowest BCUT2D eigenvalue weighted by molar-refractivity contribution is 0.0948. The predicted molar refractivity (Wildman–Crippen MR) is 73.5 cm³/mol. The van der Waals surface area contributed by atoms with Crippen molar-refractivity contribution in [1.29, 1.82) is 0 Å². The number of aromatic nitrogens is 2. The summed E-state index contributed by atoms with van der Waals surface area (Å²) in [5, 5.41) is 10.9. The van der Waals surface area contributed by atoms with E-state index in [9.17, 15) is 4.79 Å². The molecule has 96 valence electrons. The molecule has 1 heterocycles. The molecule has 3 N–H and O–H groups in total. The minimum atomic E-state index is -0.195. The van der Waals surface area contributed by atoms with E-state index in [4.69, 9.17) is 5.73 Å². The third-order valence-corrected chi connectivity index (χ3v) is 5.27. The number of carbonyl (C=O) groups excluding carboxylic acids is 1. The molecule has 0 aromatic carbocycles. The Morgan fingerprint density at radius 1 is 1.47 bits per heavy atom. The van der Waals surface area contributed by atoms with E-state index in [2.05, 4.69) is 35.6 Å². The normalized spacial score (nSPS) is 11.5. The van der Waals surface area contributed by atoms with Crippen LogP contribution in [0.1, 0.15) is 36.5 Å². The Kier molecular flexibility index (Phi) is 5.20. The molecule has 1 amide bonds. The molecule has 17 heavy (non-hydrogen) atoms. The second kappa shape index (κ2) is 6.20. The van der Waals surface area contributed by atoms with Gasteiger partial charge in [0.1, 0.15) is 0 Å². The molecule has 0 radical (unpaired) electrons. The van der Waals surface area contributed by atoms with Gasteiger partial charge in [-0.05, 0) is 19.1 Å². The number of nitrogens with two attached hydrogens (primary N) is 1. The van der Waals surface area contributed by atoms with E-state index >= 15 is 0 Å². The summed E-state index contributed by atoms with van der Waals surface area (Å²) in [6, 6.07) is 0. The molecule has 0 spiro atoms. The smallest absolute Gasteiger partial charge is 0.282 e. The van der Waals surface area contributed by atoms with Gasteiger partial charge in [-0.2, -0.15) is 11.8 Å². The van der Waals surface area contributed by atoms with Crippen LogP contribution in [0, 0.1) is 0 Å². The summed E-state index contributed by atoms with van der Waals surface area (Å²) in [4.78, 5) is 11.8. The van der Waals surface area contributed by atoms with Crippen LogP contribution in [0.15, 0.2) is 0 Å². The van der Waals surface area contributed by atoms with Gasteiger partial charge in [0.15, 0.2) is 0 Å². The fraction of sp³-hybridized carbons (Fsp3) is 0.700. The van der Waals surface area contributed by atoms with Crippen LogP contribution < -0.4 is 11.1 Å². The predicted octanol–water partition coefficient (Wildman–Crippen LogP) is 1.77. The molecule has 1 rings (SSSR count). The summed E-state index contributed by atoms with van der Waals surface area (Å²) in [6.45, 7) is 4.91. The van der Waals surface area contributed by atoms with Crippen molar-refractivity contribution in [3.63, 3.8) is 0 Å². The molecular weight excluding hydrogens is 256 g/mol. The van der Waals surface area contributed by atoms with Crippen molar-refractivity contribution in [1.82, 2.24) is 15.5 Å². The maximum absolute atomic E-state index is 11.8. The maximum Gasteiger partial charge on any atom is 0.282 e. The minimum Gasteiger partial charge on any atom is -0.374 e. The zero-order chi connectivity index (χ0) is 12.9. The van der Waals surface area contributed by atoms with Crippen LogP contribution in [0.25, 0.3) is 0 Å². The minimum absolute atomic E-state index is 0.103.